The molecule has 0 aliphatic rings. The molecule has 0 radical (unpaired) electrons. The molecule has 21 heavy (non-hydrogen) atoms. The summed E-state index contributed by atoms with van der Waals surface area (Å²) in [6.45, 7) is 3.20. The van der Waals surface area contributed by atoms with Gasteiger partial charge in [-0.2, -0.15) is 13.2 Å². The molecule has 0 atom stereocenters. The van der Waals surface area contributed by atoms with Crippen molar-refractivity contribution in [3.05, 3.63) is 51.3 Å². The van der Waals surface area contributed by atoms with Crippen LogP contribution >= 0.6 is 15.9 Å². The van der Waals surface area contributed by atoms with Gasteiger partial charge in [0.2, 0.25) is 0 Å². The molecule has 1 aromatic heterocycles. The molecule has 0 saturated carbocycles. The van der Waals surface area contributed by atoms with Gasteiger partial charge >= 0.3 is 12.1 Å². The summed E-state index contributed by atoms with van der Waals surface area (Å²) < 4.78 is 40.4. The van der Waals surface area contributed by atoms with E-state index < -0.39 is 17.7 Å². The molecule has 112 valence electrons. The average molecular weight is 362 g/mol. The van der Waals surface area contributed by atoms with E-state index in [4.69, 9.17) is 5.11 Å². The number of carboxylic acids is 1. The van der Waals surface area contributed by atoms with E-state index in [1.807, 2.05) is 0 Å². The maximum absolute atomic E-state index is 12.8. The first-order valence-electron chi connectivity index (χ1n) is 5.92. The third-order valence-corrected chi connectivity index (χ3v) is 3.85. The zero-order chi connectivity index (χ0) is 15.9. The van der Waals surface area contributed by atoms with E-state index in [0.717, 1.165) is 12.1 Å². The summed E-state index contributed by atoms with van der Waals surface area (Å²) in [5, 5.41) is 9.10. The van der Waals surface area contributed by atoms with E-state index >= 15 is 0 Å². The normalized spacial score (nSPS) is 11.7. The fourth-order valence-electron chi connectivity index (χ4n) is 2.21. The van der Waals surface area contributed by atoms with Crippen LogP contribution in [0, 0.1) is 13.8 Å². The number of hydrogen-bond donors (Lipinski definition) is 1. The molecule has 0 fully saturated rings. The van der Waals surface area contributed by atoms with Crippen molar-refractivity contribution in [3.8, 4) is 5.69 Å². The molecule has 0 unspecified atom stereocenters. The van der Waals surface area contributed by atoms with E-state index in [0.29, 0.717) is 15.9 Å². The molecule has 0 aliphatic heterocycles. The smallest absolute Gasteiger partial charge is 0.416 e. The summed E-state index contributed by atoms with van der Waals surface area (Å²) in [5.41, 5.74) is 0.458. The predicted molar refractivity (Wildman–Crippen MR) is 74.9 cm³/mol. The number of halogens is 4. The Balaban J connectivity index is 2.70. The molecule has 7 heteroatoms. The topological polar surface area (TPSA) is 42.2 Å². The largest absolute Gasteiger partial charge is 0.478 e. The lowest BCUT2D eigenvalue weighted by molar-refractivity contribution is -0.137. The number of aromatic nitrogens is 1. The van der Waals surface area contributed by atoms with Crippen LogP contribution in [0.25, 0.3) is 5.69 Å². The van der Waals surface area contributed by atoms with Gasteiger partial charge in [-0.25, -0.2) is 4.79 Å². The molecule has 1 heterocycles. The first kappa shape index (κ1) is 15.6. The number of aromatic carboxylic acids is 1. The van der Waals surface area contributed by atoms with Gasteiger partial charge in [-0.05, 0) is 54.0 Å². The number of carboxylic acid groups (broad SMARTS) is 1. The van der Waals surface area contributed by atoms with E-state index in [2.05, 4.69) is 15.9 Å². The second-order valence-corrected chi connectivity index (χ2v) is 5.44. The summed E-state index contributed by atoms with van der Waals surface area (Å²) in [4.78, 5) is 11.1. The highest BCUT2D eigenvalue weighted by Crippen LogP contribution is 2.34. The standard InChI is InChI=1S/C14H11BrF3NO2/c1-7-5-10(13(20)21)8(2)19(7)12-6-9(14(16,17)18)3-4-11(12)15/h3-6H,1-2H3,(H,20,21). The lowest BCUT2D eigenvalue weighted by Gasteiger charge is -2.15. The van der Waals surface area contributed by atoms with Gasteiger partial charge in [0, 0.05) is 15.9 Å². The minimum atomic E-state index is -4.46. The predicted octanol–water partition coefficient (Wildman–Crippen LogP) is 4.57. The third-order valence-electron chi connectivity index (χ3n) is 3.18. The highest BCUT2D eigenvalue weighted by Gasteiger charge is 2.31. The summed E-state index contributed by atoms with van der Waals surface area (Å²) in [6, 6.07) is 4.71. The number of aryl methyl sites for hydroxylation is 1. The second-order valence-electron chi connectivity index (χ2n) is 4.59. The molecular formula is C14H11BrF3NO2. The summed E-state index contributed by atoms with van der Waals surface area (Å²) >= 11 is 3.21. The lowest BCUT2D eigenvalue weighted by Crippen LogP contribution is -2.08. The first-order chi connectivity index (χ1) is 9.62. The molecule has 1 N–H and O–H groups in total. The molecule has 1 aromatic carbocycles. The van der Waals surface area contributed by atoms with Crippen molar-refractivity contribution in [1.82, 2.24) is 4.57 Å². The van der Waals surface area contributed by atoms with Crippen LogP contribution < -0.4 is 0 Å². The Labute approximate surface area is 127 Å². The number of hydrogen-bond acceptors (Lipinski definition) is 1. The van der Waals surface area contributed by atoms with Crippen molar-refractivity contribution in [2.24, 2.45) is 0 Å². The Bertz CT molecular complexity index is 720. The van der Waals surface area contributed by atoms with E-state index in [1.165, 1.54) is 16.7 Å². The van der Waals surface area contributed by atoms with Crippen LogP contribution in [-0.2, 0) is 6.18 Å². The van der Waals surface area contributed by atoms with Crippen molar-refractivity contribution >= 4 is 21.9 Å². The molecule has 0 saturated heterocycles. The van der Waals surface area contributed by atoms with Crippen molar-refractivity contribution in [2.45, 2.75) is 20.0 Å². The molecule has 3 nitrogen and oxygen atoms in total. The Morgan fingerprint density at radius 1 is 1.24 bits per heavy atom. The van der Waals surface area contributed by atoms with E-state index in [1.54, 1.807) is 13.8 Å². The molecule has 0 amide bonds. The summed E-state index contributed by atoms with van der Waals surface area (Å²) in [5.74, 6) is -1.11. The molecular weight excluding hydrogens is 351 g/mol. The van der Waals surface area contributed by atoms with Gasteiger partial charge in [-0.1, -0.05) is 0 Å². The minimum Gasteiger partial charge on any atom is -0.478 e. The van der Waals surface area contributed by atoms with Gasteiger partial charge in [0.05, 0.1) is 16.8 Å². The number of nitrogens with zero attached hydrogens (tertiary/aromatic N) is 1. The van der Waals surface area contributed by atoms with Crippen LogP contribution in [0.2, 0.25) is 0 Å². The number of rotatable bonds is 2. The van der Waals surface area contributed by atoms with Gasteiger partial charge in [0.1, 0.15) is 0 Å². The quantitative estimate of drug-likeness (QED) is 0.850. The van der Waals surface area contributed by atoms with Gasteiger partial charge in [0.25, 0.3) is 0 Å². The number of alkyl halides is 3. The maximum atomic E-state index is 12.8. The van der Waals surface area contributed by atoms with Crippen LogP contribution in [0.3, 0.4) is 0 Å². The van der Waals surface area contributed by atoms with Crippen LogP contribution in [-0.4, -0.2) is 15.6 Å². The minimum absolute atomic E-state index is 0.0665. The van der Waals surface area contributed by atoms with Crippen LogP contribution in [0.15, 0.2) is 28.7 Å². The van der Waals surface area contributed by atoms with Crippen molar-refractivity contribution in [2.75, 3.05) is 0 Å². The Morgan fingerprint density at radius 3 is 2.33 bits per heavy atom. The Hall–Kier alpha value is -1.76. The zero-order valence-corrected chi connectivity index (χ0v) is 12.7. The second kappa shape index (κ2) is 5.22. The fourth-order valence-corrected chi connectivity index (χ4v) is 2.63. The van der Waals surface area contributed by atoms with Crippen LogP contribution in [0.1, 0.15) is 27.3 Å². The third kappa shape index (κ3) is 2.83. The number of carbonyl (C=O) groups is 1. The zero-order valence-electron chi connectivity index (χ0n) is 11.1. The van der Waals surface area contributed by atoms with E-state index in [9.17, 15) is 18.0 Å². The Kier molecular flexibility index (Phi) is 3.88. The molecule has 2 aromatic rings. The van der Waals surface area contributed by atoms with Gasteiger partial charge < -0.3 is 9.67 Å². The first-order valence-corrected chi connectivity index (χ1v) is 6.71. The SMILES string of the molecule is Cc1cc(C(=O)O)c(C)n1-c1cc(C(F)(F)F)ccc1Br. The highest BCUT2D eigenvalue weighted by atomic mass is 79.9. The molecule has 0 spiro atoms. The van der Waals surface area contributed by atoms with E-state index in [-0.39, 0.29) is 11.3 Å². The van der Waals surface area contributed by atoms with Crippen molar-refractivity contribution < 1.29 is 23.1 Å². The lowest BCUT2D eigenvalue weighted by atomic mass is 10.2. The van der Waals surface area contributed by atoms with Crippen molar-refractivity contribution in [1.29, 1.82) is 0 Å². The molecule has 0 bridgehead atoms. The van der Waals surface area contributed by atoms with Gasteiger partial charge in [0.15, 0.2) is 0 Å². The van der Waals surface area contributed by atoms with Crippen molar-refractivity contribution in [3.63, 3.8) is 0 Å². The molecule has 2 rings (SSSR count). The highest BCUT2D eigenvalue weighted by molar-refractivity contribution is 9.10. The average Bonchev–Trinajstić information content (AvgIpc) is 2.65. The summed E-state index contributed by atoms with van der Waals surface area (Å²) in [6.07, 6.45) is -4.46. The van der Waals surface area contributed by atoms with Crippen LogP contribution in [0.4, 0.5) is 13.2 Å². The maximum Gasteiger partial charge on any atom is 0.416 e. The van der Waals surface area contributed by atoms with Gasteiger partial charge in [-0.15, -0.1) is 0 Å². The number of benzene rings is 1. The summed E-state index contributed by atoms with van der Waals surface area (Å²) in [7, 11) is 0. The van der Waals surface area contributed by atoms with Crippen LogP contribution in [0.5, 0.6) is 0 Å². The monoisotopic (exact) mass is 361 g/mol. The van der Waals surface area contributed by atoms with Gasteiger partial charge in [-0.3, -0.25) is 0 Å². The fraction of sp³-hybridized carbons (Fsp3) is 0.214. The Morgan fingerprint density at radius 2 is 1.86 bits per heavy atom. The molecule has 0 aliphatic carbocycles.